The molecule has 0 aromatic heterocycles. The maximum atomic E-state index is 3.46. The van der Waals surface area contributed by atoms with Crippen molar-refractivity contribution < 1.29 is 2.85 Å². The Balaban J connectivity index is -0.0000000267. The fraction of sp³-hybridized carbons (Fsp3) is 0.200. The average molecular weight is 226 g/mol. The summed E-state index contributed by atoms with van der Waals surface area (Å²) < 4.78 is 0. The quantitative estimate of drug-likeness (QED) is 0.500. The van der Waals surface area contributed by atoms with Crippen molar-refractivity contribution in [3.05, 3.63) is 49.6 Å². The molecule has 11 heavy (non-hydrogen) atoms. The summed E-state index contributed by atoms with van der Waals surface area (Å²) in [5, 5.41) is 0. The van der Waals surface area contributed by atoms with E-state index in [2.05, 4.69) is 13.2 Å². The van der Waals surface area contributed by atoms with Gasteiger partial charge in [-0.05, 0) is 13.8 Å². The molecule has 0 fully saturated rings. The smallest absolute Gasteiger partial charge is 1.00 e. The molecule has 0 saturated heterocycles. The molecule has 0 aromatic carbocycles. The van der Waals surface area contributed by atoms with E-state index in [9.17, 15) is 0 Å². The third-order valence-electron chi connectivity index (χ3n) is 0.657. The molecule has 0 bridgehead atoms. The van der Waals surface area contributed by atoms with Gasteiger partial charge in [0.2, 0.25) is 0 Å². The molecule has 0 aromatic rings. The Morgan fingerprint density at radius 1 is 0.909 bits per heavy atom. The van der Waals surface area contributed by atoms with Gasteiger partial charge in [0.05, 0.1) is 0 Å². The molecule has 0 N–H and O–H groups in total. The van der Waals surface area contributed by atoms with Crippen LogP contribution in [0.25, 0.3) is 0 Å². The summed E-state index contributed by atoms with van der Waals surface area (Å²) in [4.78, 5) is 0. The second-order valence-electron chi connectivity index (χ2n) is 1.52. The molecule has 0 unspecified atom stereocenters. The summed E-state index contributed by atoms with van der Waals surface area (Å²) >= 11 is 0. The first-order valence-electron chi connectivity index (χ1n) is 3.30. The van der Waals surface area contributed by atoms with E-state index < -0.39 is 0 Å². The Morgan fingerprint density at radius 3 is 1.18 bits per heavy atom. The monoisotopic (exact) mass is 226 g/mol. The third-order valence-corrected chi connectivity index (χ3v) is 0.657. The predicted molar refractivity (Wildman–Crippen MR) is 58.0 cm³/mol. The SMILES string of the molecule is C=C/C=C/C.C=C/C=C/C.[H-].[H-].[Sr+2]. The van der Waals surface area contributed by atoms with Gasteiger partial charge < -0.3 is 2.85 Å². The molecule has 0 atom stereocenters. The topological polar surface area (TPSA) is 0 Å². The molecule has 0 amide bonds. The fourth-order valence-corrected chi connectivity index (χ4v) is 0.272. The maximum absolute atomic E-state index is 3.46. The summed E-state index contributed by atoms with van der Waals surface area (Å²) in [6.45, 7) is 10.8. The van der Waals surface area contributed by atoms with Gasteiger partial charge in [-0.15, -0.1) is 0 Å². The molecule has 0 rings (SSSR count). The number of hydrogen-bond acceptors (Lipinski definition) is 0. The number of allylic oxidation sites excluding steroid dienone is 6. The molecule has 0 aliphatic rings. The van der Waals surface area contributed by atoms with E-state index >= 15 is 0 Å². The minimum absolute atomic E-state index is 0. The zero-order valence-corrected chi connectivity index (χ0v) is 11.1. The normalized spacial score (nSPS) is 8.18. The predicted octanol–water partition coefficient (Wildman–Crippen LogP) is 3.34. The third kappa shape index (κ3) is 37.7. The first-order valence-corrected chi connectivity index (χ1v) is 3.30. The van der Waals surface area contributed by atoms with Crippen molar-refractivity contribution in [2.75, 3.05) is 0 Å². The van der Waals surface area contributed by atoms with E-state index in [1.165, 1.54) is 0 Å². The van der Waals surface area contributed by atoms with Crippen LogP contribution in [0.5, 0.6) is 0 Å². The van der Waals surface area contributed by atoms with Gasteiger partial charge in [0.15, 0.2) is 0 Å². The standard InChI is InChI=1S/2C5H8.Sr.2H/c2*1-3-5-4-2;;;/h2*3-5H,1H2,2H3;;;/q;;+2;2*-1/b2*5-4+;;;. The Morgan fingerprint density at radius 2 is 1.18 bits per heavy atom. The maximum Gasteiger partial charge on any atom is 2.00 e. The second-order valence-corrected chi connectivity index (χ2v) is 1.52. The minimum Gasteiger partial charge on any atom is -1.00 e. The van der Waals surface area contributed by atoms with Crippen LogP contribution in [0, 0.1) is 0 Å². The number of rotatable bonds is 2. The summed E-state index contributed by atoms with van der Waals surface area (Å²) in [6.07, 6.45) is 11.2. The Hall–Kier alpha value is 0.441. The zero-order chi connectivity index (χ0) is 8.24. The van der Waals surface area contributed by atoms with E-state index in [1.807, 2.05) is 38.2 Å². The van der Waals surface area contributed by atoms with Crippen molar-refractivity contribution in [2.45, 2.75) is 13.8 Å². The van der Waals surface area contributed by atoms with Crippen molar-refractivity contribution in [2.24, 2.45) is 0 Å². The van der Waals surface area contributed by atoms with Crippen LogP contribution in [-0.2, 0) is 0 Å². The molecular formula is C10H18Sr. The van der Waals surface area contributed by atoms with Gasteiger partial charge in [-0.2, -0.15) is 0 Å². The van der Waals surface area contributed by atoms with Gasteiger partial charge in [0.1, 0.15) is 0 Å². The van der Waals surface area contributed by atoms with Crippen molar-refractivity contribution in [3.63, 3.8) is 0 Å². The van der Waals surface area contributed by atoms with Crippen molar-refractivity contribution in [1.82, 2.24) is 0 Å². The Labute approximate surface area is 111 Å². The van der Waals surface area contributed by atoms with Crippen LogP contribution in [0.1, 0.15) is 16.7 Å². The van der Waals surface area contributed by atoms with Gasteiger partial charge in [0, 0.05) is 0 Å². The average Bonchev–Trinajstić information content (AvgIpc) is 1.93. The summed E-state index contributed by atoms with van der Waals surface area (Å²) in [7, 11) is 0. The van der Waals surface area contributed by atoms with Crippen molar-refractivity contribution in [1.29, 1.82) is 0 Å². The van der Waals surface area contributed by atoms with Crippen LogP contribution >= 0.6 is 0 Å². The fourth-order valence-electron chi connectivity index (χ4n) is 0.272. The van der Waals surface area contributed by atoms with E-state index in [0.29, 0.717) is 0 Å². The molecule has 0 heterocycles. The van der Waals surface area contributed by atoms with Gasteiger partial charge >= 0.3 is 45.5 Å². The first-order chi connectivity index (χ1) is 4.83. The minimum atomic E-state index is 0. The molecule has 1 heteroatoms. The van der Waals surface area contributed by atoms with Gasteiger partial charge in [-0.3, -0.25) is 0 Å². The van der Waals surface area contributed by atoms with Gasteiger partial charge in [0.25, 0.3) is 0 Å². The van der Waals surface area contributed by atoms with Crippen LogP contribution in [-0.4, -0.2) is 45.5 Å². The molecule has 0 spiro atoms. The van der Waals surface area contributed by atoms with E-state index in [-0.39, 0.29) is 48.3 Å². The van der Waals surface area contributed by atoms with Crippen LogP contribution in [0.2, 0.25) is 0 Å². The first kappa shape index (κ1) is 17.5. The Kier molecular flexibility index (Phi) is 35.7. The van der Waals surface area contributed by atoms with Crippen LogP contribution < -0.4 is 0 Å². The summed E-state index contributed by atoms with van der Waals surface area (Å²) in [5.74, 6) is 0. The molecule has 0 nitrogen and oxygen atoms in total. The Bertz CT molecular complexity index is 113. The van der Waals surface area contributed by atoms with Gasteiger partial charge in [-0.25, -0.2) is 0 Å². The van der Waals surface area contributed by atoms with E-state index in [1.54, 1.807) is 12.2 Å². The van der Waals surface area contributed by atoms with Crippen LogP contribution in [0.3, 0.4) is 0 Å². The van der Waals surface area contributed by atoms with Crippen LogP contribution in [0.15, 0.2) is 49.6 Å². The molecule has 0 radical (unpaired) electrons. The molecule has 0 aliphatic carbocycles. The van der Waals surface area contributed by atoms with Crippen molar-refractivity contribution in [3.8, 4) is 0 Å². The summed E-state index contributed by atoms with van der Waals surface area (Å²) in [5.41, 5.74) is 0. The van der Waals surface area contributed by atoms with E-state index in [4.69, 9.17) is 0 Å². The molecular weight excluding hydrogens is 208 g/mol. The molecule has 0 aliphatic heterocycles. The summed E-state index contributed by atoms with van der Waals surface area (Å²) in [6, 6.07) is 0. The molecule has 60 valence electrons. The molecule has 0 saturated carbocycles. The van der Waals surface area contributed by atoms with E-state index in [0.717, 1.165) is 0 Å². The van der Waals surface area contributed by atoms with Crippen molar-refractivity contribution >= 4 is 45.5 Å². The largest absolute Gasteiger partial charge is 2.00 e. The zero-order valence-electron chi connectivity index (χ0n) is 9.59. The second kappa shape index (κ2) is 22.4. The van der Waals surface area contributed by atoms with Gasteiger partial charge in [-0.1, -0.05) is 49.6 Å². The number of hydrogen-bond donors (Lipinski definition) is 0. The van der Waals surface area contributed by atoms with Crippen LogP contribution in [0.4, 0.5) is 0 Å².